The van der Waals surface area contributed by atoms with E-state index < -0.39 is 0 Å². The second-order valence-corrected chi connectivity index (χ2v) is 3.73. The van der Waals surface area contributed by atoms with Crippen LogP contribution in [0, 0.1) is 0 Å². The third kappa shape index (κ3) is 3.58. The Kier molecular flexibility index (Phi) is 4.85. The molecule has 0 aliphatic carbocycles. The fourth-order valence-corrected chi connectivity index (χ4v) is 1.37. The van der Waals surface area contributed by atoms with E-state index in [1.165, 1.54) is 0 Å². The van der Waals surface area contributed by atoms with Crippen molar-refractivity contribution >= 4 is 22.9 Å². The Bertz CT molecular complexity index is 369. The van der Waals surface area contributed by atoms with Crippen LogP contribution in [0.15, 0.2) is 18.2 Å². The number of anilines is 1. The molecule has 1 aromatic rings. The molecular weight excluding hydrogens is 224 g/mol. The summed E-state index contributed by atoms with van der Waals surface area (Å²) in [7, 11) is 3.24. The molecule has 3 N–H and O–H groups in total. The Morgan fingerprint density at radius 1 is 1.38 bits per heavy atom. The SMILES string of the molecule is COc1ccc(NCCC(N)=S)c(OC)c1. The van der Waals surface area contributed by atoms with Gasteiger partial charge in [-0.3, -0.25) is 0 Å². The summed E-state index contributed by atoms with van der Waals surface area (Å²) in [6, 6.07) is 5.59. The van der Waals surface area contributed by atoms with E-state index in [4.69, 9.17) is 27.4 Å². The number of methoxy groups -OCH3 is 2. The van der Waals surface area contributed by atoms with Gasteiger partial charge in [-0.15, -0.1) is 0 Å². The van der Waals surface area contributed by atoms with Gasteiger partial charge in [-0.1, -0.05) is 12.2 Å². The summed E-state index contributed by atoms with van der Waals surface area (Å²) in [5.41, 5.74) is 6.32. The minimum Gasteiger partial charge on any atom is -0.497 e. The predicted octanol–water partition coefficient (Wildman–Crippen LogP) is 1.79. The van der Waals surface area contributed by atoms with Crippen molar-refractivity contribution in [2.75, 3.05) is 26.1 Å². The molecule has 0 atom stereocenters. The standard InChI is InChI=1S/C11H16N2O2S/c1-14-8-3-4-9(10(7-8)15-2)13-6-5-11(12)16/h3-4,7,13H,5-6H2,1-2H3,(H2,12,16). The highest BCUT2D eigenvalue weighted by Gasteiger charge is 2.04. The lowest BCUT2D eigenvalue weighted by Crippen LogP contribution is -2.14. The largest absolute Gasteiger partial charge is 0.497 e. The molecule has 16 heavy (non-hydrogen) atoms. The van der Waals surface area contributed by atoms with Gasteiger partial charge in [-0.2, -0.15) is 0 Å². The molecule has 0 fully saturated rings. The Balaban J connectivity index is 2.68. The minimum atomic E-state index is 0.500. The van der Waals surface area contributed by atoms with Crippen LogP contribution in [-0.4, -0.2) is 25.8 Å². The van der Waals surface area contributed by atoms with Crippen molar-refractivity contribution in [3.8, 4) is 11.5 Å². The Morgan fingerprint density at radius 2 is 2.12 bits per heavy atom. The van der Waals surface area contributed by atoms with Crippen molar-refractivity contribution in [1.82, 2.24) is 0 Å². The average molecular weight is 240 g/mol. The van der Waals surface area contributed by atoms with Crippen LogP contribution < -0.4 is 20.5 Å². The Hall–Kier alpha value is -1.49. The van der Waals surface area contributed by atoms with Crippen LogP contribution in [-0.2, 0) is 0 Å². The van der Waals surface area contributed by atoms with E-state index in [-0.39, 0.29) is 0 Å². The molecule has 5 heteroatoms. The normalized spacial score (nSPS) is 9.62. The summed E-state index contributed by atoms with van der Waals surface area (Å²) in [4.78, 5) is 0.500. The van der Waals surface area contributed by atoms with Gasteiger partial charge < -0.3 is 20.5 Å². The molecule has 0 aliphatic heterocycles. The maximum Gasteiger partial charge on any atom is 0.145 e. The highest BCUT2D eigenvalue weighted by atomic mass is 32.1. The highest BCUT2D eigenvalue weighted by molar-refractivity contribution is 7.80. The molecule has 1 aromatic carbocycles. The monoisotopic (exact) mass is 240 g/mol. The van der Waals surface area contributed by atoms with Crippen molar-refractivity contribution in [2.45, 2.75) is 6.42 Å². The van der Waals surface area contributed by atoms with Crippen LogP contribution in [0.25, 0.3) is 0 Å². The molecule has 0 radical (unpaired) electrons. The van der Waals surface area contributed by atoms with E-state index in [9.17, 15) is 0 Å². The van der Waals surface area contributed by atoms with Crippen LogP contribution in [0.3, 0.4) is 0 Å². The zero-order chi connectivity index (χ0) is 12.0. The molecule has 0 bridgehead atoms. The van der Waals surface area contributed by atoms with Crippen molar-refractivity contribution in [3.63, 3.8) is 0 Å². The second kappa shape index (κ2) is 6.17. The predicted molar refractivity (Wildman–Crippen MR) is 69.4 cm³/mol. The number of thiocarbonyl (C=S) groups is 1. The Morgan fingerprint density at radius 3 is 2.69 bits per heavy atom. The van der Waals surface area contributed by atoms with Gasteiger partial charge in [0.15, 0.2) is 0 Å². The number of benzene rings is 1. The fraction of sp³-hybridized carbons (Fsp3) is 0.364. The first kappa shape index (κ1) is 12.6. The molecule has 1 rings (SSSR count). The molecule has 0 heterocycles. The van der Waals surface area contributed by atoms with Crippen LogP contribution in [0.5, 0.6) is 11.5 Å². The fourth-order valence-electron chi connectivity index (χ4n) is 1.26. The van der Waals surface area contributed by atoms with Crippen molar-refractivity contribution in [3.05, 3.63) is 18.2 Å². The van der Waals surface area contributed by atoms with Crippen LogP contribution >= 0.6 is 12.2 Å². The number of hydrogen-bond acceptors (Lipinski definition) is 4. The first-order chi connectivity index (χ1) is 7.67. The van der Waals surface area contributed by atoms with Gasteiger partial charge in [-0.05, 0) is 12.1 Å². The molecule has 0 spiro atoms. The highest BCUT2D eigenvalue weighted by Crippen LogP contribution is 2.28. The minimum absolute atomic E-state index is 0.500. The van der Waals surface area contributed by atoms with Crippen LogP contribution in [0.1, 0.15) is 6.42 Å². The summed E-state index contributed by atoms with van der Waals surface area (Å²) >= 11 is 4.80. The zero-order valence-corrected chi connectivity index (χ0v) is 10.3. The van der Waals surface area contributed by atoms with Crippen molar-refractivity contribution in [1.29, 1.82) is 0 Å². The summed E-state index contributed by atoms with van der Waals surface area (Å²) in [5.74, 6) is 1.50. The molecule has 88 valence electrons. The van der Waals surface area contributed by atoms with E-state index in [1.54, 1.807) is 14.2 Å². The lowest BCUT2D eigenvalue weighted by molar-refractivity contribution is 0.395. The van der Waals surface area contributed by atoms with Gasteiger partial charge in [0.1, 0.15) is 11.5 Å². The first-order valence-corrected chi connectivity index (χ1v) is 5.32. The number of ether oxygens (including phenoxy) is 2. The average Bonchev–Trinajstić information content (AvgIpc) is 2.29. The topological polar surface area (TPSA) is 56.5 Å². The van der Waals surface area contributed by atoms with Crippen molar-refractivity contribution < 1.29 is 9.47 Å². The summed E-state index contributed by atoms with van der Waals surface area (Å²) in [6.07, 6.45) is 0.657. The molecular formula is C11H16N2O2S. The maximum absolute atomic E-state index is 5.41. The quantitative estimate of drug-likeness (QED) is 0.742. The van der Waals surface area contributed by atoms with Crippen molar-refractivity contribution in [2.24, 2.45) is 5.73 Å². The van der Waals surface area contributed by atoms with Gasteiger partial charge in [0, 0.05) is 19.0 Å². The van der Waals surface area contributed by atoms with E-state index in [0.29, 0.717) is 18.0 Å². The molecule has 0 saturated heterocycles. The summed E-state index contributed by atoms with van der Waals surface area (Å²) in [6.45, 7) is 0.692. The van der Waals surface area contributed by atoms with Gasteiger partial charge in [0.2, 0.25) is 0 Å². The second-order valence-electron chi connectivity index (χ2n) is 3.21. The van der Waals surface area contributed by atoms with E-state index in [0.717, 1.165) is 17.2 Å². The lowest BCUT2D eigenvalue weighted by Gasteiger charge is -2.12. The maximum atomic E-state index is 5.41. The summed E-state index contributed by atoms with van der Waals surface area (Å²) < 4.78 is 10.3. The van der Waals surface area contributed by atoms with Crippen LogP contribution in [0.2, 0.25) is 0 Å². The van der Waals surface area contributed by atoms with Gasteiger partial charge in [-0.25, -0.2) is 0 Å². The third-order valence-corrected chi connectivity index (χ3v) is 2.30. The smallest absolute Gasteiger partial charge is 0.145 e. The number of nitrogens with two attached hydrogens (primary N) is 1. The molecule has 0 aliphatic rings. The number of hydrogen-bond donors (Lipinski definition) is 2. The van der Waals surface area contributed by atoms with Crippen LogP contribution in [0.4, 0.5) is 5.69 Å². The zero-order valence-electron chi connectivity index (χ0n) is 9.45. The van der Waals surface area contributed by atoms with Gasteiger partial charge in [0.25, 0.3) is 0 Å². The molecule has 4 nitrogen and oxygen atoms in total. The van der Waals surface area contributed by atoms with E-state index in [2.05, 4.69) is 5.32 Å². The number of rotatable bonds is 6. The first-order valence-electron chi connectivity index (χ1n) is 4.91. The summed E-state index contributed by atoms with van der Waals surface area (Å²) in [5, 5.41) is 3.20. The number of nitrogens with one attached hydrogen (secondary N) is 1. The molecule has 0 saturated carbocycles. The van der Waals surface area contributed by atoms with Gasteiger partial charge in [0.05, 0.1) is 24.9 Å². The van der Waals surface area contributed by atoms with E-state index >= 15 is 0 Å². The van der Waals surface area contributed by atoms with E-state index in [1.807, 2.05) is 18.2 Å². The lowest BCUT2D eigenvalue weighted by atomic mass is 10.2. The molecule has 0 amide bonds. The molecule has 0 aromatic heterocycles. The third-order valence-electron chi connectivity index (χ3n) is 2.10. The molecule has 0 unspecified atom stereocenters. The Labute approximate surface area is 101 Å². The van der Waals surface area contributed by atoms with Gasteiger partial charge >= 0.3 is 0 Å².